The lowest BCUT2D eigenvalue weighted by Gasteiger charge is -2.41. The van der Waals surface area contributed by atoms with Crippen LogP contribution in [0.4, 0.5) is 0 Å². The van der Waals surface area contributed by atoms with Crippen LogP contribution in [-0.2, 0) is 8.98 Å². The third-order valence-corrected chi connectivity index (χ3v) is 8.62. The predicted octanol–water partition coefficient (Wildman–Crippen LogP) is 8.20. The van der Waals surface area contributed by atoms with Crippen molar-refractivity contribution in [3.8, 4) is 17.2 Å². The van der Waals surface area contributed by atoms with Crippen LogP contribution in [-0.4, -0.2) is 25.8 Å². The van der Waals surface area contributed by atoms with Crippen molar-refractivity contribution in [1.82, 2.24) is 0 Å². The average Bonchev–Trinajstić information content (AvgIpc) is 2.93. The molecule has 0 aromatic heterocycles. The van der Waals surface area contributed by atoms with Gasteiger partial charge < -0.3 is 18.4 Å². The van der Waals surface area contributed by atoms with E-state index < -0.39 is 10.3 Å². The van der Waals surface area contributed by atoms with Crippen molar-refractivity contribution in [1.29, 1.82) is 0 Å². The third-order valence-electron chi connectivity index (χ3n) is 5.33. The molecule has 0 saturated carbocycles. The lowest BCUT2D eigenvalue weighted by atomic mass is 10.3. The second-order valence-corrected chi connectivity index (χ2v) is 10.9. The van der Waals surface area contributed by atoms with Crippen molar-refractivity contribution in [3.05, 3.63) is 72.8 Å². The quantitative estimate of drug-likeness (QED) is 0.219. The second kappa shape index (κ2) is 13.8. The summed E-state index contributed by atoms with van der Waals surface area (Å²) in [6, 6.07) is 23.7. The zero-order valence-corrected chi connectivity index (χ0v) is 22.6. The maximum Gasteiger partial charge on any atom is 0.316 e. The van der Waals surface area contributed by atoms with Crippen LogP contribution in [0.3, 0.4) is 0 Å². The number of hydrogen-bond acceptors (Lipinski definition) is 5. The Kier molecular flexibility index (Phi) is 10.6. The van der Waals surface area contributed by atoms with E-state index >= 15 is 0 Å². The predicted molar refractivity (Wildman–Crippen MR) is 145 cm³/mol. The van der Waals surface area contributed by atoms with Crippen LogP contribution >= 0.6 is 10.3 Å². The molecule has 0 aliphatic rings. The molecular weight excluding hydrogens is 472 g/mol. The van der Waals surface area contributed by atoms with Gasteiger partial charge >= 0.3 is 5.97 Å². The van der Waals surface area contributed by atoms with Gasteiger partial charge in [-0.3, -0.25) is 4.79 Å². The standard InChI is InChI=1S/C30H38O5S/c1-5-19-32-24-22-27(33-20-6-2)30(28(23-24)34-21-7-3)36(35-29(31)8-4,25-15-11-9-12-16-25)26-17-13-10-14-18-26/h9-18,22-23H,5-8,19-21H2,1-4H3. The first-order valence-electron chi connectivity index (χ1n) is 12.8. The van der Waals surface area contributed by atoms with Crippen molar-refractivity contribution < 1.29 is 23.2 Å². The lowest BCUT2D eigenvalue weighted by Crippen LogP contribution is -2.16. The maximum atomic E-state index is 13.1. The van der Waals surface area contributed by atoms with Gasteiger partial charge in [0.15, 0.2) is 0 Å². The van der Waals surface area contributed by atoms with Gasteiger partial charge in [-0.05, 0) is 43.5 Å². The molecule has 0 aliphatic heterocycles. The van der Waals surface area contributed by atoms with Gasteiger partial charge in [0.25, 0.3) is 0 Å². The summed E-state index contributed by atoms with van der Waals surface area (Å²) in [6.45, 7) is 9.62. The summed E-state index contributed by atoms with van der Waals surface area (Å²) in [6.07, 6.45) is 2.80. The zero-order chi connectivity index (χ0) is 25.8. The molecule has 5 nitrogen and oxygen atoms in total. The molecule has 0 saturated heterocycles. The van der Waals surface area contributed by atoms with Crippen LogP contribution in [0, 0.1) is 0 Å². The minimum absolute atomic E-state index is 0.252. The van der Waals surface area contributed by atoms with Gasteiger partial charge in [-0.1, -0.05) is 64.1 Å². The normalized spacial score (nSPS) is 11.6. The molecule has 0 radical (unpaired) electrons. The van der Waals surface area contributed by atoms with E-state index in [1.54, 1.807) is 0 Å². The molecule has 0 fully saturated rings. The number of carbonyl (C=O) groups is 1. The van der Waals surface area contributed by atoms with Crippen molar-refractivity contribution in [3.63, 3.8) is 0 Å². The number of benzene rings is 3. The van der Waals surface area contributed by atoms with Crippen molar-refractivity contribution in [2.45, 2.75) is 68.1 Å². The Morgan fingerprint density at radius 3 is 1.53 bits per heavy atom. The van der Waals surface area contributed by atoms with Gasteiger partial charge in [0.2, 0.25) is 0 Å². The van der Waals surface area contributed by atoms with E-state index in [9.17, 15) is 4.79 Å². The lowest BCUT2D eigenvalue weighted by molar-refractivity contribution is -0.133. The Bertz CT molecular complexity index is 1020. The minimum Gasteiger partial charge on any atom is -0.493 e. The molecule has 0 aliphatic carbocycles. The number of rotatable bonds is 14. The molecule has 194 valence electrons. The minimum atomic E-state index is -2.56. The molecule has 0 atom stereocenters. The second-order valence-electron chi connectivity index (χ2n) is 8.29. The Labute approximate surface area is 217 Å². The summed E-state index contributed by atoms with van der Waals surface area (Å²) in [5.41, 5.74) is 0. The Morgan fingerprint density at radius 2 is 1.11 bits per heavy atom. The molecule has 0 unspecified atom stereocenters. The van der Waals surface area contributed by atoms with E-state index in [1.807, 2.05) is 79.7 Å². The zero-order valence-electron chi connectivity index (χ0n) is 21.8. The van der Waals surface area contributed by atoms with Crippen LogP contribution in [0.2, 0.25) is 0 Å². The summed E-state index contributed by atoms with van der Waals surface area (Å²) in [4.78, 5) is 15.6. The van der Waals surface area contributed by atoms with Crippen LogP contribution in [0.15, 0.2) is 87.5 Å². The Balaban J connectivity index is 2.43. The van der Waals surface area contributed by atoms with Gasteiger partial charge in [0, 0.05) is 38.7 Å². The fraction of sp³-hybridized carbons (Fsp3) is 0.367. The van der Waals surface area contributed by atoms with Gasteiger partial charge in [0.05, 0.1) is 19.8 Å². The van der Waals surface area contributed by atoms with Crippen LogP contribution < -0.4 is 14.2 Å². The molecule has 36 heavy (non-hydrogen) atoms. The number of hydrogen-bond donors (Lipinski definition) is 0. The highest BCUT2D eigenvalue weighted by molar-refractivity contribution is 8.30. The van der Waals surface area contributed by atoms with Crippen LogP contribution in [0.25, 0.3) is 0 Å². The molecule has 0 bridgehead atoms. The number of carbonyl (C=O) groups excluding carboxylic acids is 1. The average molecular weight is 511 g/mol. The van der Waals surface area contributed by atoms with Crippen LogP contribution in [0.5, 0.6) is 17.2 Å². The van der Waals surface area contributed by atoms with E-state index in [-0.39, 0.29) is 12.4 Å². The molecule has 3 aromatic carbocycles. The SMILES string of the molecule is CCCOc1cc(OCCC)c(S(OC(=O)CC)(c2ccccc2)c2ccccc2)c(OCCC)c1. The van der Waals surface area contributed by atoms with Gasteiger partial charge in [-0.2, -0.15) is 0 Å². The van der Waals surface area contributed by atoms with Gasteiger partial charge in [-0.25, -0.2) is 0 Å². The van der Waals surface area contributed by atoms with E-state index in [0.717, 1.165) is 33.9 Å². The van der Waals surface area contributed by atoms with Crippen LogP contribution in [0.1, 0.15) is 53.4 Å². The molecule has 0 heterocycles. The monoisotopic (exact) mass is 510 g/mol. The fourth-order valence-corrected chi connectivity index (χ4v) is 7.01. The summed E-state index contributed by atoms with van der Waals surface area (Å²) in [7, 11) is -2.56. The first kappa shape index (κ1) is 27.5. The first-order valence-corrected chi connectivity index (χ1v) is 14.4. The fourth-order valence-electron chi connectivity index (χ4n) is 3.71. The Morgan fingerprint density at radius 1 is 0.667 bits per heavy atom. The Hall–Kier alpha value is -3.12. The summed E-state index contributed by atoms with van der Waals surface area (Å²) >= 11 is 0. The van der Waals surface area contributed by atoms with Crippen molar-refractivity contribution >= 4 is 16.3 Å². The topological polar surface area (TPSA) is 54.0 Å². The van der Waals surface area contributed by atoms with E-state index in [4.69, 9.17) is 18.4 Å². The molecular formula is C30H38O5S. The highest BCUT2D eigenvalue weighted by Crippen LogP contribution is 2.73. The van der Waals surface area contributed by atoms with Crippen molar-refractivity contribution in [2.75, 3.05) is 19.8 Å². The molecule has 3 aromatic rings. The first-order chi connectivity index (χ1) is 17.6. The van der Waals surface area contributed by atoms with E-state index in [0.29, 0.717) is 37.1 Å². The molecule has 0 N–H and O–H groups in total. The molecule has 0 amide bonds. The maximum absolute atomic E-state index is 13.1. The number of ether oxygens (including phenoxy) is 3. The largest absolute Gasteiger partial charge is 0.493 e. The van der Waals surface area contributed by atoms with E-state index in [2.05, 4.69) is 20.8 Å². The molecule has 3 rings (SSSR count). The highest BCUT2D eigenvalue weighted by Gasteiger charge is 2.41. The van der Waals surface area contributed by atoms with Gasteiger partial charge in [0.1, 0.15) is 22.1 Å². The third kappa shape index (κ3) is 6.35. The van der Waals surface area contributed by atoms with E-state index in [1.165, 1.54) is 0 Å². The summed E-state index contributed by atoms with van der Waals surface area (Å²) in [5.74, 6) is 1.62. The highest BCUT2D eigenvalue weighted by atomic mass is 32.3. The summed E-state index contributed by atoms with van der Waals surface area (Å²) < 4.78 is 25.3. The van der Waals surface area contributed by atoms with Gasteiger partial charge in [-0.15, -0.1) is 0 Å². The summed E-state index contributed by atoms with van der Waals surface area (Å²) in [5, 5.41) is 0. The smallest absolute Gasteiger partial charge is 0.316 e. The molecule has 0 spiro atoms. The molecule has 6 heteroatoms. The van der Waals surface area contributed by atoms with Crippen molar-refractivity contribution in [2.24, 2.45) is 0 Å².